The van der Waals surface area contributed by atoms with Crippen LogP contribution in [0.4, 0.5) is 0 Å². The van der Waals surface area contributed by atoms with Crippen LogP contribution < -0.4 is 0 Å². The van der Waals surface area contributed by atoms with Crippen molar-refractivity contribution in [3.8, 4) is 11.1 Å². The highest BCUT2D eigenvalue weighted by Crippen LogP contribution is 2.23. The SMILES string of the molecule is Cn1cc(-c2ccc(C(=O)c3n[nH]c4ccc(C(=O)O)cc34)cc2)cn1. The maximum Gasteiger partial charge on any atom is 0.335 e. The van der Waals surface area contributed by atoms with E-state index in [1.165, 1.54) is 12.1 Å². The monoisotopic (exact) mass is 346 g/mol. The molecule has 0 bridgehead atoms. The van der Waals surface area contributed by atoms with Crippen molar-refractivity contribution in [3.05, 3.63) is 71.7 Å². The van der Waals surface area contributed by atoms with Gasteiger partial charge in [-0.2, -0.15) is 10.2 Å². The van der Waals surface area contributed by atoms with E-state index in [1.807, 2.05) is 25.4 Å². The molecule has 0 aliphatic carbocycles. The third-order valence-corrected chi connectivity index (χ3v) is 4.21. The lowest BCUT2D eigenvalue weighted by Crippen LogP contribution is -2.03. The molecule has 26 heavy (non-hydrogen) atoms. The fourth-order valence-electron chi connectivity index (χ4n) is 2.84. The molecule has 0 aliphatic heterocycles. The predicted molar refractivity (Wildman–Crippen MR) is 95.1 cm³/mol. The number of carbonyl (C=O) groups excluding carboxylic acids is 1. The number of H-pyrrole nitrogens is 1. The second-order valence-electron chi connectivity index (χ2n) is 5.95. The maximum atomic E-state index is 12.8. The molecule has 0 aliphatic rings. The molecule has 0 spiro atoms. The number of aromatic nitrogens is 4. The lowest BCUT2D eigenvalue weighted by Gasteiger charge is -2.02. The van der Waals surface area contributed by atoms with E-state index in [2.05, 4.69) is 15.3 Å². The molecule has 0 atom stereocenters. The third-order valence-electron chi connectivity index (χ3n) is 4.21. The Labute approximate surface area is 147 Å². The Bertz CT molecular complexity index is 1140. The van der Waals surface area contributed by atoms with Gasteiger partial charge in [0, 0.05) is 29.8 Å². The minimum Gasteiger partial charge on any atom is -0.478 e. The summed E-state index contributed by atoms with van der Waals surface area (Å²) in [6, 6.07) is 11.7. The number of aromatic carboxylic acids is 1. The number of carboxylic acids is 1. The molecular formula is C19H14N4O3. The van der Waals surface area contributed by atoms with E-state index in [9.17, 15) is 9.59 Å². The summed E-state index contributed by atoms with van der Waals surface area (Å²) in [4.78, 5) is 24.0. The van der Waals surface area contributed by atoms with Crippen molar-refractivity contribution in [1.29, 1.82) is 0 Å². The summed E-state index contributed by atoms with van der Waals surface area (Å²) < 4.78 is 1.71. The number of rotatable bonds is 4. The number of benzene rings is 2. The summed E-state index contributed by atoms with van der Waals surface area (Å²) in [5.74, 6) is -1.32. The molecule has 7 nitrogen and oxygen atoms in total. The predicted octanol–water partition coefficient (Wildman–Crippen LogP) is 2.89. The van der Waals surface area contributed by atoms with Crippen molar-refractivity contribution in [3.63, 3.8) is 0 Å². The van der Waals surface area contributed by atoms with Crippen molar-refractivity contribution in [2.75, 3.05) is 0 Å². The zero-order valence-electron chi connectivity index (χ0n) is 13.8. The zero-order valence-corrected chi connectivity index (χ0v) is 13.8. The number of hydrogen-bond donors (Lipinski definition) is 2. The fourth-order valence-corrected chi connectivity index (χ4v) is 2.84. The highest BCUT2D eigenvalue weighted by atomic mass is 16.4. The average molecular weight is 346 g/mol. The summed E-state index contributed by atoms with van der Waals surface area (Å²) >= 11 is 0. The van der Waals surface area contributed by atoms with E-state index in [4.69, 9.17) is 5.11 Å². The Kier molecular flexibility index (Phi) is 3.62. The van der Waals surface area contributed by atoms with Gasteiger partial charge in [0.1, 0.15) is 5.69 Å². The Balaban J connectivity index is 1.70. The number of hydrogen-bond acceptors (Lipinski definition) is 4. The van der Waals surface area contributed by atoms with Crippen LogP contribution in [0, 0.1) is 0 Å². The van der Waals surface area contributed by atoms with Crippen molar-refractivity contribution in [1.82, 2.24) is 20.0 Å². The van der Waals surface area contributed by atoms with E-state index in [1.54, 1.807) is 29.1 Å². The van der Waals surface area contributed by atoms with Crippen molar-refractivity contribution >= 4 is 22.7 Å². The van der Waals surface area contributed by atoms with Crippen molar-refractivity contribution in [2.24, 2.45) is 7.05 Å². The lowest BCUT2D eigenvalue weighted by molar-refractivity contribution is 0.0696. The van der Waals surface area contributed by atoms with Crippen LogP contribution >= 0.6 is 0 Å². The van der Waals surface area contributed by atoms with Crippen LogP contribution in [0.15, 0.2) is 54.9 Å². The van der Waals surface area contributed by atoms with Gasteiger partial charge in [-0.3, -0.25) is 14.6 Å². The van der Waals surface area contributed by atoms with Gasteiger partial charge in [0.2, 0.25) is 5.78 Å². The van der Waals surface area contributed by atoms with Crippen LogP contribution in [0.2, 0.25) is 0 Å². The molecule has 0 unspecified atom stereocenters. The van der Waals surface area contributed by atoms with Crippen molar-refractivity contribution < 1.29 is 14.7 Å². The topological polar surface area (TPSA) is 101 Å². The second kappa shape index (κ2) is 5.96. The van der Waals surface area contributed by atoms with Gasteiger partial charge in [0.25, 0.3) is 0 Å². The maximum absolute atomic E-state index is 12.8. The highest BCUT2D eigenvalue weighted by Gasteiger charge is 2.18. The van der Waals surface area contributed by atoms with E-state index >= 15 is 0 Å². The van der Waals surface area contributed by atoms with E-state index < -0.39 is 5.97 Å². The number of ketones is 1. The molecule has 2 N–H and O–H groups in total. The zero-order chi connectivity index (χ0) is 18.3. The van der Waals surface area contributed by atoms with Crippen LogP contribution in [0.5, 0.6) is 0 Å². The van der Waals surface area contributed by atoms with E-state index in [-0.39, 0.29) is 17.0 Å². The van der Waals surface area contributed by atoms with Gasteiger partial charge in [-0.05, 0) is 23.8 Å². The fraction of sp³-hybridized carbons (Fsp3) is 0.0526. The van der Waals surface area contributed by atoms with Crippen LogP contribution in [0.1, 0.15) is 26.4 Å². The Hall–Kier alpha value is -3.74. The first kappa shape index (κ1) is 15.8. The van der Waals surface area contributed by atoms with E-state index in [0.29, 0.717) is 16.5 Å². The third kappa shape index (κ3) is 2.65. The summed E-state index contributed by atoms with van der Waals surface area (Å²) in [5, 5.41) is 20.6. The highest BCUT2D eigenvalue weighted by molar-refractivity contribution is 6.15. The molecule has 0 amide bonds. The number of nitrogens with zero attached hydrogens (tertiary/aromatic N) is 3. The summed E-state index contributed by atoms with van der Waals surface area (Å²) in [5.41, 5.74) is 3.33. The number of fused-ring (bicyclic) bond motifs is 1. The van der Waals surface area contributed by atoms with Crippen LogP contribution in [0.25, 0.3) is 22.0 Å². The molecule has 7 heteroatoms. The van der Waals surface area contributed by atoms with E-state index in [0.717, 1.165) is 11.1 Å². The average Bonchev–Trinajstić information content (AvgIpc) is 3.27. The molecule has 2 heterocycles. The van der Waals surface area contributed by atoms with Gasteiger partial charge in [0.15, 0.2) is 0 Å². The minimum absolute atomic E-state index is 0.111. The number of carbonyl (C=O) groups is 2. The van der Waals surface area contributed by atoms with Gasteiger partial charge >= 0.3 is 5.97 Å². The van der Waals surface area contributed by atoms with Gasteiger partial charge in [0.05, 0.1) is 17.3 Å². The molecule has 2 aromatic heterocycles. The number of nitrogens with one attached hydrogen (secondary N) is 1. The van der Waals surface area contributed by atoms with Gasteiger partial charge < -0.3 is 5.11 Å². The Morgan fingerprint density at radius 1 is 1.04 bits per heavy atom. The number of aromatic amines is 1. The quantitative estimate of drug-likeness (QED) is 0.553. The molecule has 4 rings (SSSR count). The van der Waals surface area contributed by atoms with Crippen LogP contribution in [0.3, 0.4) is 0 Å². The minimum atomic E-state index is -1.05. The first-order valence-electron chi connectivity index (χ1n) is 7.88. The standard InChI is InChI=1S/C19H14N4O3/c1-23-10-14(9-20-23)11-2-4-12(5-3-11)18(24)17-15-8-13(19(25)26)6-7-16(15)21-22-17/h2-10H,1H3,(H,21,22)(H,25,26). The van der Waals surface area contributed by atoms with Crippen LogP contribution in [-0.2, 0) is 7.05 Å². The molecule has 0 saturated carbocycles. The Morgan fingerprint density at radius 2 is 1.77 bits per heavy atom. The normalized spacial score (nSPS) is 11.0. The number of carboxylic acid groups (broad SMARTS) is 1. The first-order chi connectivity index (χ1) is 12.5. The summed E-state index contributed by atoms with van der Waals surface area (Å²) in [7, 11) is 1.84. The largest absolute Gasteiger partial charge is 0.478 e. The molecule has 4 aromatic rings. The number of aryl methyl sites for hydroxylation is 1. The molecule has 0 radical (unpaired) electrons. The summed E-state index contributed by atoms with van der Waals surface area (Å²) in [6.07, 6.45) is 3.65. The van der Waals surface area contributed by atoms with Gasteiger partial charge in [-0.1, -0.05) is 24.3 Å². The smallest absolute Gasteiger partial charge is 0.335 e. The Morgan fingerprint density at radius 3 is 2.42 bits per heavy atom. The molecule has 0 saturated heterocycles. The lowest BCUT2D eigenvalue weighted by atomic mass is 10.0. The van der Waals surface area contributed by atoms with Crippen molar-refractivity contribution in [2.45, 2.75) is 0 Å². The molecular weight excluding hydrogens is 332 g/mol. The second-order valence-corrected chi connectivity index (χ2v) is 5.95. The van der Waals surface area contributed by atoms with Gasteiger partial charge in [-0.25, -0.2) is 4.79 Å². The summed E-state index contributed by atoms with van der Waals surface area (Å²) in [6.45, 7) is 0. The molecule has 0 fully saturated rings. The van der Waals surface area contributed by atoms with Crippen LogP contribution in [-0.4, -0.2) is 36.8 Å². The van der Waals surface area contributed by atoms with Gasteiger partial charge in [-0.15, -0.1) is 0 Å². The molecule has 128 valence electrons. The first-order valence-corrected chi connectivity index (χ1v) is 7.88. The molecule has 2 aromatic carbocycles.